The summed E-state index contributed by atoms with van der Waals surface area (Å²) in [6.45, 7) is 0. The SMILES string of the molecule is Cn1ncc2c(-c3ccc(F)c4c3CCC4Oc3ccc(C4CC4)cc3)cccc21. The maximum absolute atomic E-state index is 14.9. The second-order valence-corrected chi connectivity index (χ2v) is 8.48. The van der Waals surface area contributed by atoms with Crippen molar-refractivity contribution in [1.29, 1.82) is 0 Å². The molecule has 0 bridgehead atoms. The Morgan fingerprint density at radius 3 is 2.60 bits per heavy atom. The fourth-order valence-electron chi connectivity index (χ4n) is 4.86. The Balaban J connectivity index is 1.38. The number of hydrogen-bond acceptors (Lipinski definition) is 2. The van der Waals surface area contributed by atoms with Gasteiger partial charge in [0.15, 0.2) is 0 Å². The number of aromatic nitrogens is 2. The van der Waals surface area contributed by atoms with Crippen molar-refractivity contribution in [3.8, 4) is 16.9 Å². The fourth-order valence-corrected chi connectivity index (χ4v) is 4.86. The largest absolute Gasteiger partial charge is 0.486 e. The van der Waals surface area contributed by atoms with E-state index in [9.17, 15) is 4.39 Å². The fraction of sp³-hybridized carbons (Fsp3) is 0.269. The first-order valence-electron chi connectivity index (χ1n) is 10.7. The summed E-state index contributed by atoms with van der Waals surface area (Å²) >= 11 is 0. The van der Waals surface area contributed by atoms with Crippen LogP contribution >= 0.6 is 0 Å². The second kappa shape index (κ2) is 6.69. The van der Waals surface area contributed by atoms with Gasteiger partial charge in [-0.05, 0) is 78.1 Å². The summed E-state index contributed by atoms with van der Waals surface area (Å²) in [5.74, 6) is 1.36. The van der Waals surface area contributed by atoms with Crippen LogP contribution in [0.2, 0.25) is 0 Å². The molecule has 1 atom stereocenters. The minimum Gasteiger partial charge on any atom is -0.486 e. The molecule has 6 rings (SSSR count). The molecule has 4 aromatic rings. The first-order chi connectivity index (χ1) is 14.7. The average Bonchev–Trinajstić information content (AvgIpc) is 3.43. The van der Waals surface area contributed by atoms with Crippen molar-refractivity contribution >= 4 is 10.9 Å². The molecule has 0 saturated heterocycles. The van der Waals surface area contributed by atoms with Gasteiger partial charge in [-0.15, -0.1) is 0 Å². The predicted molar refractivity (Wildman–Crippen MR) is 116 cm³/mol. The van der Waals surface area contributed by atoms with Crippen LogP contribution in [0, 0.1) is 5.82 Å². The predicted octanol–water partition coefficient (Wildman–Crippen LogP) is 6.32. The van der Waals surface area contributed by atoms with Crippen LogP contribution in [0.3, 0.4) is 0 Å². The minimum absolute atomic E-state index is 0.177. The molecule has 4 heteroatoms. The van der Waals surface area contributed by atoms with Gasteiger partial charge in [0.2, 0.25) is 0 Å². The Morgan fingerprint density at radius 1 is 0.967 bits per heavy atom. The van der Waals surface area contributed by atoms with Gasteiger partial charge in [0, 0.05) is 18.0 Å². The van der Waals surface area contributed by atoms with Crippen molar-refractivity contribution in [2.75, 3.05) is 0 Å². The molecule has 30 heavy (non-hydrogen) atoms. The van der Waals surface area contributed by atoms with E-state index in [2.05, 4.69) is 29.4 Å². The monoisotopic (exact) mass is 398 g/mol. The van der Waals surface area contributed by atoms with Gasteiger partial charge in [0.05, 0.1) is 11.7 Å². The van der Waals surface area contributed by atoms with E-state index in [1.54, 1.807) is 6.07 Å². The van der Waals surface area contributed by atoms with Crippen LogP contribution in [0.25, 0.3) is 22.0 Å². The molecule has 0 spiro atoms. The van der Waals surface area contributed by atoms with Gasteiger partial charge in [-0.3, -0.25) is 4.68 Å². The van der Waals surface area contributed by atoms with Crippen LogP contribution in [-0.4, -0.2) is 9.78 Å². The van der Waals surface area contributed by atoms with Crippen LogP contribution in [0.1, 0.15) is 48.0 Å². The highest BCUT2D eigenvalue weighted by Gasteiger charge is 2.31. The third-order valence-electron chi connectivity index (χ3n) is 6.57. The molecule has 2 aliphatic rings. The standard InChI is InChI=1S/C26H23FN2O/c1-29-24-4-2-3-19(22(24)15-28-29)20-11-13-23(27)26-21(20)12-14-25(26)30-18-9-7-17(8-10-18)16-5-6-16/h2-4,7-11,13,15-16,25H,5-6,12,14H2,1H3. The summed E-state index contributed by atoms with van der Waals surface area (Å²) in [6.07, 6.45) is 5.81. The zero-order valence-corrected chi connectivity index (χ0v) is 16.9. The minimum atomic E-state index is -0.250. The van der Waals surface area contributed by atoms with E-state index in [1.807, 2.05) is 42.2 Å². The molecular weight excluding hydrogens is 375 g/mol. The van der Waals surface area contributed by atoms with E-state index < -0.39 is 0 Å². The van der Waals surface area contributed by atoms with E-state index in [0.29, 0.717) is 5.56 Å². The van der Waals surface area contributed by atoms with Gasteiger partial charge in [-0.2, -0.15) is 5.10 Å². The van der Waals surface area contributed by atoms with Crippen molar-refractivity contribution in [3.63, 3.8) is 0 Å². The Kier molecular flexibility index (Phi) is 3.95. The van der Waals surface area contributed by atoms with Gasteiger partial charge in [0.1, 0.15) is 17.7 Å². The van der Waals surface area contributed by atoms with Gasteiger partial charge in [-0.25, -0.2) is 4.39 Å². The van der Waals surface area contributed by atoms with Crippen LogP contribution in [-0.2, 0) is 13.5 Å². The van der Waals surface area contributed by atoms with Crippen LogP contribution in [0.5, 0.6) is 5.75 Å². The van der Waals surface area contributed by atoms with Crippen LogP contribution in [0.15, 0.2) is 60.8 Å². The lowest BCUT2D eigenvalue weighted by molar-refractivity contribution is 0.203. The Bertz CT molecular complexity index is 1250. The van der Waals surface area contributed by atoms with Gasteiger partial charge in [-0.1, -0.05) is 30.3 Å². The number of halogens is 1. The molecular formula is C26H23FN2O. The molecule has 1 heterocycles. The summed E-state index contributed by atoms with van der Waals surface area (Å²) in [7, 11) is 1.94. The van der Waals surface area contributed by atoms with Crippen molar-refractivity contribution in [1.82, 2.24) is 9.78 Å². The van der Waals surface area contributed by atoms with Crippen molar-refractivity contribution in [2.45, 2.75) is 37.7 Å². The first kappa shape index (κ1) is 17.7. The summed E-state index contributed by atoms with van der Waals surface area (Å²) in [4.78, 5) is 0. The number of ether oxygens (including phenoxy) is 1. The van der Waals surface area contributed by atoms with Crippen molar-refractivity contribution in [2.24, 2.45) is 7.05 Å². The Labute approximate surface area is 175 Å². The molecule has 0 amide bonds. The van der Waals surface area contributed by atoms with E-state index in [0.717, 1.165) is 52.1 Å². The summed E-state index contributed by atoms with van der Waals surface area (Å²) in [5, 5.41) is 5.50. The lowest BCUT2D eigenvalue weighted by atomic mass is 9.94. The summed E-state index contributed by atoms with van der Waals surface area (Å²) in [6, 6.07) is 18.1. The molecule has 0 N–H and O–H groups in total. The molecule has 1 unspecified atom stereocenters. The molecule has 2 aliphatic carbocycles. The number of fused-ring (bicyclic) bond motifs is 2. The number of hydrogen-bond donors (Lipinski definition) is 0. The third kappa shape index (κ3) is 2.82. The Hall–Kier alpha value is -3.14. The van der Waals surface area contributed by atoms with Crippen LogP contribution < -0.4 is 4.74 Å². The first-order valence-corrected chi connectivity index (χ1v) is 10.7. The third-order valence-corrected chi connectivity index (χ3v) is 6.57. The van der Waals surface area contributed by atoms with Crippen molar-refractivity contribution < 1.29 is 9.13 Å². The summed E-state index contributed by atoms with van der Waals surface area (Å²) in [5.41, 5.74) is 6.41. The molecule has 3 aromatic carbocycles. The Morgan fingerprint density at radius 2 is 1.80 bits per heavy atom. The highest BCUT2D eigenvalue weighted by atomic mass is 19.1. The molecule has 1 fully saturated rings. The highest BCUT2D eigenvalue weighted by molar-refractivity contribution is 5.95. The highest BCUT2D eigenvalue weighted by Crippen LogP contribution is 2.44. The van der Waals surface area contributed by atoms with E-state index >= 15 is 0 Å². The quantitative estimate of drug-likeness (QED) is 0.402. The molecule has 0 aliphatic heterocycles. The molecule has 0 radical (unpaired) electrons. The van der Waals surface area contributed by atoms with Gasteiger partial charge < -0.3 is 4.74 Å². The zero-order valence-electron chi connectivity index (χ0n) is 16.9. The molecule has 150 valence electrons. The number of benzene rings is 3. The maximum atomic E-state index is 14.9. The molecule has 1 saturated carbocycles. The maximum Gasteiger partial charge on any atom is 0.130 e. The normalized spacial score (nSPS) is 18.0. The van der Waals surface area contributed by atoms with Gasteiger partial charge in [0.25, 0.3) is 0 Å². The van der Waals surface area contributed by atoms with Gasteiger partial charge >= 0.3 is 0 Å². The molecule has 3 nitrogen and oxygen atoms in total. The van der Waals surface area contributed by atoms with Crippen LogP contribution in [0.4, 0.5) is 4.39 Å². The number of nitrogens with zero attached hydrogens (tertiary/aromatic N) is 2. The topological polar surface area (TPSA) is 27.1 Å². The van der Waals surface area contributed by atoms with E-state index in [4.69, 9.17) is 4.74 Å². The number of rotatable bonds is 4. The summed E-state index contributed by atoms with van der Waals surface area (Å²) < 4.78 is 23.1. The number of aryl methyl sites for hydroxylation is 1. The van der Waals surface area contributed by atoms with E-state index in [1.165, 1.54) is 18.4 Å². The smallest absolute Gasteiger partial charge is 0.130 e. The zero-order chi connectivity index (χ0) is 20.2. The lowest BCUT2D eigenvalue weighted by Crippen LogP contribution is -2.06. The van der Waals surface area contributed by atoms with Crippen molar-refractivity contribution in [3.05, 3.63) is 83.3 Å². The lowest BCUT2D eigenvalue weighted by Gasteiger charge is -2.17. The average molecular weight is 398 g/mol. The second-order valence-electron chi connectivity index (χ2n) is 8.48. The molecule has 1 aromatic heterocycles. The van der Waals surface area contributed by atoms with E-state index in [-0.39, 0.29) is 11.9 Å².